The quantitative estimate of drug-likeness (QED) is 0.785. The Morgan fingerprint density at radius 2 is 2.08 bits per heavy atom. The smallest absolute Gasteiger partial charge is 0.324 e. The van der Waals surface area contributed by atoms with Crippen LogP contribution in [0.2, 0.25) is 0 Å². The lowest BCUT2D eigenvalue weighted by molar-refractivity contribution is -0.125. The second kappa shape index (κ2) is 7.44. The number of nitrogens with one attached hydrogen (secondary N) is 2. The molecule has 2 heterocycles. The van der Waals surface area contributed by atoms with Gasteiger partial charge in [-0.3, -0.25) is 14.5 Å². The molecular weight excluding hydrogens is 310 g/mol. The van der Waals surface area contributed by atoms with Crippen LogP contribution in [0.25, 0.3) is 0 Å². The molecule has 2 aliphatic heterocycles. The topological polar surface area (TPSA) is 87.7 Å². The van der Waals surface area contributed by atoms with Gasteiger partial charge in [0.2, 0.25) is 5.91 Å². The van der Waals surface area contributed by atoms with E-state index in [0.717, 1.165) is 29.9 Å². The number of carbonyl (C=O) groups is 3. The molecule has 0 radical (unpaired) electrons. The first-order valence-corrected chi connectivity index (χ1v) is 8.16. The van der Waals surface area contributed by atoms with Crippen molar-refractivity contribution in [2.75, 3.05) is 26.3 Å². The fourth-order valence-corrected chi connectivity index (χ4v) is 2.87. The maximum absolute atomic E-state index is 12.2. The third-order valence-corrected chi connectivity index (χ3v) is 4.30. The highest BCUT2D eigenvalue weighted by Crippen LogP contribution is 2.13. The normalized spacial score (nSPS) is 20.8. The van der Waals surface area contributed by atoms with Crippen molar-refractivity contribution in [3.63, 3.8) is 0 Å². The van der Waals surface area contributed by atoms with Gasteiger partial charge in [0, 0.05) is 18.7 Å². The van der Waals surface area contributed by atoms with Crippen LogP contribution in [-0.4, -0.2) is 49.0 Å². The number of hydrogen-bond donors (Lipinski definition) is 2. The Morgan fingerprint density at radius 1 is 1.29 bits per heavy atom. The third kappa shape index (κ3) is 3.91. The molecular formula is C17H21N3O4. The first kappa shape index (κ1) is 16.4. The molecule has 4 amide bonds. The van der Waals surface area contributed by atoms with Crippen LogP contribution in [0.4, 0.5) is 4.79 Å². The van der Waals surface area contributed by atoms with Crippen LogP contribution in [-0.2, 0) is 16.1 Å². The van der Waals surface area contributed by atoms with Crippen molar-refractivity contribution < 1.29 is 19.1 Å². The number of imide groups is 1. The summed E-state index contributed by atoms with van der Waals surface area (Å²) in [6.07, 6.45) is 2.11. The van der Waals surface area contributed by atoms with Gasteiger partial charge in [0.15, 0.2) is 0 Å². The highest BCUT2D eigenvalue weighted by atomic mass is 16.5. The summed E-state index contributed by atoms with van der Waals surface area (Å²) in [5, 5.41) is 5.41. The van der Waals surface area contributed by atoms with Crippen molar-refractivity contribution in [1.29, 1.82) is 0 Å². The van der Waals surface area contributed by atoms with Gasteiger partial charge in [-0.1, -0.05) is 12.1 Å². The average Bonchev–Trinajstić information content (AvgIpc) is 2.93. The van der Waals surface area contributed by atoms with Gasteiger partial charge in [-0.05, 0) is 36.5 Å². The van der Waals surface area contributed by atoms with Crippen LogP contribution in [0.3, 0.4) is 0 Å². The van der Waals surface area contributed by atoms with E-state index in [1.54, 1.807) is 24.3 Å². The van der Waals surface area contributed by atoms with Gasteiger partial charge >= 0.3 is 6.03 Å². The van der Waals surface area contributed by atoms with E-state index in [1.807, 2.05) is 0 Å². The van der Waals surface area contributed by atoms with Crippen LogP contribution in [0.1, 0.15) is 28.8 Å². The van der Waals surface area contributed by atoms with E-state index in [0.29, 0.717) is 24.6 Å². The number of urea groups is 1. The van der Waals surface area contributed by atoms with E-state index >= 15 is 0 Å². The number of rotatable bonds is 5. The molecule has 1 aromatic carbocycles. The molecule has 1 atom stereocenters. The van der Waals surface area contributed by atoms with Gasteiger partial charge in [0.05, 0.1) is 19.7 Å². The maximum atomic E-state index is 12.2. The van der Waals surface area contributed by atoms with Gasteiger partial charge in [0.25, 0.3) is 5.91 Å². The summed E-state index contributed by atoms with van der Waals surface area (Å²) in [7, 11) is 0. The minimum atomic E-state index is -0.378. The zero-order valence-corrected chi connectivity index (χ0v) is 13.4. The molecule has 128 valence electrons. The number of nitrogens with zero attached hydrogens (tertiary/aromatic N) is 1. The fraction of sp³-hybridized carbons (Fsp3) is 0.471. The summed E-state index contributed by atoms with van der Waals surface area (Å²) in [5.74, 6) is 0.0142. The van der Waals surface area contributed by atoms with Crippen LogP contribution in [0.15, 0.2) is 24.3 Å². The lowest BCUT2D eigenvalue weighted by atomic mass is 10.0. The molecule has 7 nitrogen and oxygen atoms in total. The summed E-state index contributed by atoms with van der Waals surface area (Å²) in [6, 6.07) is 6.56. The van der Waals surface area contributed by atoms with E-state index in [9.17, 15) is 14.4 Å². The monoisotopic (exact) mass is 331 g/mol. The standard InChI is InChI=1S/C17H21N3O4/c21-15-9-19-17(23)20(15)10-12-3-5-14(6-4-12)16(22)18-8-13-2-1-7-24-11-13/h3-6,13H,1-2,7-11H2,(H,18,22)(H,19,23)/t13-/m1/s1. The minimum Gasteiger partial charge on any atom is -0.381 e. The number of hydrogen-bond acceptors (Lipinski definition) is 4. The number of ether oxygens (including phenoxy) is 1. The van der Waals surface area contributed by atoms with Gasteiger partial charge < -0.3 is 15.4 Å². The zero-order chi connectivity index (χ0) is 16.9. The average molecular weight is 331 g/mol. The molecule has 2 aliphatic rings. The zero-order valence-electron chi connectivity index (χ0n) is 13.4. The number of amides is 4. The summed E-state index contributed by atoms with van der Waals surface area (Å²) < 4.78 is 5.40. The van der Waals surface area contributed by atoms with E-state index in [-0.39, 0.29) is 30.9 Å². The molecule has 2 fully saturated rings. The van der Waals surface area contributed by atoms with Gasteiger partial charge in [-0.15, -0.1) is 0 Å². The van der Waals surface area contributed by atoms with Crippen molar-refractivity contribution in [2.45, 2.75) is 19.4 Å². The van der Waals surface area contributed by atoms with Gasteiger partial charge in [0.1, 0.15) is 0 Å². The van der Waals surface area contributed by atoms with E-state index < -0.39 is 0 Å². The second-order valence-corrected chi connectivity index (χ2v) is 6.13. The molecule has 0 saturated carbocycles. The van der Waals surface area contributed by atoms with E-state index in [1.165, 1.54) is 0 Å². The molecule has 0 unspecified atom stereocenters. The van der Waals surface area contributed by atoms with Crippen LogP contribution < -0.4 is 10.6 Å². The first-order chi connectivity index (χ1) is 11.6. The van der Waals surface area contributed by atoms with E-state index in [4.69, 9.17) is 4.74 Å². The van der Waals surface area contributed by atoms with Gasteiger partial charge in [-0.2, -0.15) is 0 Å². The van der Waals surface area contributed by atoms with Crippen molar-refractivity contribution in [2.24, 2.45) is 5.92 Å². The largest absolute Gasteiger partial charge is 0.381 e. The lowest BCUT2D eigenvalue weighted by Gasteiger charge is -2.22. The number of carbonyl (C=O) groups excluding carboxylic acids is 3. The summed E-state index contributed by atoms with van der Waals surface area (Å²) in [5.41, 5.74) is 1.37. The molecule has 24 heavy (non-hydrogen) atoms. The predicted octanol–water partition coefficient (Wildman–Crippen LogP) is 0.895. The molecule has 2 N–H and O–H groups in total. The van der Waals surface area contributed by atoms with Gasteiger partial charge in [-0.25, -0.2) is 4.79 Å². The van der Waals surface area contributed by atoms with Crippen LogP contribution in [0.5, 0.6) is 0 Å². The third-order valence-electron chi connectivity index (χ3n) is 4.30. The molecule has 7 heteroatoms. The highest BCUT2D eigenvalue weighted by molar-refractivity contribution is 6.01. The Balaban J connectivity index is 1.52. The van der Waals surface area contributed by atoms with Crippen LogP contribution in [0, 0.1) is 5.92 Å². The Kier molecular flexibility index (Phi) is 5.10. The summed E-state index contributed by atoms with van der Waals surface area (Å²) in [4.78, 5) is 36.4. The molecule has 0 bridgehead atoms. The first-order valence-electron chi connectivity index (χ1n) is 8.16. The number of benzene rings is 1. The van der Waals surface area contributed by atoms with Crippen molar-refractivity contribution >= 4 is 17.8 Å². The molecule has 3 rings (SSSR count). The Labute approximate surface area is 140 Å². The second-order valence-electron chi connectivity index (χ2n) is 6.13. The predicted molar refractivity (Wildman–Crippen MR) is 86.3 cm³/mol. The molecule has 1 aromatic rings. The summed E-state index contributed by atoms with van der Waals surface area (Å²) >= 11 is 0. The Bertz CT molecular complexity index is 607. The van der Waals surface area contributed by atoms with E-state index in [2.05, 4.69) is 10.6 Å². The lowest BCUT2D eigenvalue weighted by Crippen LogP contribution is -2.33. The van der Waals surface area contributed by atoms with Crippen molar-refractivity contribution in [3.05, 3.63) is 35.4 Å². The fourth-order valence-electron chi connectivity index (χ4n) is 2.87. The SMILES string of the molecule is O=C(NC[C@H]1CCCOC1)c1ccc(CN2C(=O)CNC2=O)cc1. The Hall–Kier alpha value is -2.41. The molecule has 0 spiro atoms. The Morgan fingerprint density at radius 3 is 2.71 bits per heavy atom. The summed E-state index contributed by atoms with van der Waals surface area (Å²) in [6.45, 7) is 2.38. The minimum absolute atomic E-state index is 0.0458. The molecule has 0 aromatic heterocycles. The highest BCUT2D eigenvalue weighted by Gasteiger charge is 2.28. The molecule has 0 aliphatic carbocycles. The van der Waals surface area contributed by atoms with Crippen LogP contribution >= 0.6 is 0 Å². The van der Waals surface area contributed by atoms with Crippen molar-refractivity contribution in [3.8, 4) is 0 Å². The maximum Gasteiger partial charge on any atom is 0.324 e. The van der Waals surface area contributed by atoms with Crippen molar-refractivity contribution in [1.82, 2.24) is 15.5 Å². The molecule has 2 saturated heterocycles.